The van der Waals surface area contributed by atoms with Crippen molar-refractivity contribution in [1.29, 1.82) is 0 Å². The van der Waals surface area contributed by atoms with Crippen LogP contribution in [0.1, 0.15) is 59.5 Å². The average molecular weight is 355 g/mol. The third kappa shape index (κ3) is 4.52. The topological polar surface area (TPSA) is 26.3 Å². The molecule has 1 aliphatic carbocycles. The normalized spacial score (nSPS) is 15.4. The minimum absolute atomic E-state index is 0.00198. The summed E-state index contributed by atoms with van der Waals surface area (Å²) in [6, 6.07) is 13.6. The number of methoxy groups -OCH3 is 1. The molecule has 2 aromatic rings. The predicted octanol–water partition coefficient (Wildman–Crippen LogP) is 6.29. The molecule has 0 unspecified atom stereocenters. The maximum absolute atomic E-state index is 12.4. The van der Waals surface area contributed by atoms with Crippen LogP contribution >= 0.6 is 11.6 Å². The van der Waals surface area contributed by atoms with E-state index in [1.807, 2.05) is 18.2 Å². The maximum Gasteiger partial charge on any atom is 0.185 e. The fraction of sp³-hybridized carbons (Fsp3) is 0.318. The van der Waals surface area contributed by atoms with E-state index in [9.17, 15) is 4.79 Å². The summed E-state index contributed by atoms with van der Waals surface area (Å²) in [7, 11) is 1.58. The number of carbonyl (C=O) groups is 1. The van der Waals surface area contributed by atoms with Gasteiger partial charge < -0.3 is 4.74 Å². The summed E-state index contributed by atoms with van der Waals surface area (Å²) in [6.45, 7) is 0. The molecule has 0 amide bonds. The Kier molecular flexibility index (Phi) is 5.93. The lowest BCUT2D eigenvalue weighted by atomic mass is 9.84. The Morgan fingerprint density at radius 3 is 2.44 bits per heavy atom. The molecule has 0 saturated heterocycles. The number of hydrogen-bond donors (Lipinski definition) is 0. The van der Waals surface area contributed by atoms with Gasteiger partial charge in [0, 0.05) is 5.56 Å². The zero-order valence-electron chi connectivity index (χ0n) is 14.5. The van der Waals surface area contributed by atoms with E-state index in [4.69, 9.17) is 16.3 Å². The van der Waals surface area contributed by atoms with E-state index in [0.717, 1.165) is 11.1 Å². The molecule has 0 bridgehead atoms. The summed E-state index contributed by atoms with van der Waals surface area (Å²) in [6.07, 6.45) is 9.90. The molecule has 0 radical (unpaired) electrons. The lowest BCUT2D eigenvalue weighted by Gasteiger charge is -2.21. The van der Waals surface area contributed by atoms with Gasteiger partial charge in [0.1, 0.15) is 5.75 Å². The van der Waals surface area contributed by atoms with Crippen molar-refractivity contribution in [3.05, 3.63) is 70.3 Å². The van der Waals surface area contributed by atoms with Crippen LogP contribution in [0.2, 0.25) is 5.02 Å². The van der Waals surface area contributed by atoms with Crippen molar-refractivity contribution >= 4 is 23.5 Å². The predicted molar refractivity (Wildman–Crippen MR) is 104 cm³/mol. The molecule has 0 N–H and O–H groups in total. The van der Waals surface area contributed by atoms with E-state index in [2.05, 4.69) is 12.1 Å². The first-order valence-electron chi connectivity index (χ1n) is 8.83. The molecule has 3 heteroatoms. The van der Waals surface area contributed by atoms with Crippen LogP contribution in [-0.2, 0) is 0 Å². The molecule has 2 aromatic carbocycles. The second kappa shape index (κ2) is 8.35. The quantitative estimate of drug-likeness (QED) is 0.465. The Labute approximate surface area is 154 Å². The molecular weight excluding hydrogens is 332 g/mol. The van der Waals surface area contributed by atoms with E-state index in [1.165, 1.54) is 37.7 Å². The first kappa shape index (κ1) is 17.8. The minimum Gasteiger partial charge on any atom is -0.495 e. The van der Waals surface area contributed by atoms with Gasteiger partial charge >= 0.3 is 0 Å². The molecule has 2 nitrogen and oxygen atoms in total. The van der Waals surface area contributed by atoms with Gasteiger partial charge in [-0.2, -0.15) is 0 Å². The van der Waals surface area contributed by atoms with Crippen molar-refractivity contribution in [3.63, 3.8) is 0 Å². The molecule has 0 aliphatic heterocycles. The van der Waals surface area contributed by atoms with Crippen LogP contribution in [0, 0.1) is 0 Å². The van der Waals surface area contributed by atoms with Crippen LogP contribution in [0.15, 0.2) is 48.5 Å². The molecule has 1 saturated carbocycles. The number of halogens is 1. The first-order valence-corrected chi connectivity index (χ1v) is 9.21. The van der Waals surface area contributed by atoms with Gasteiger partial charge in [0.2, 0.25) is 0 Å². The van der Waals surface area contributed by atoms with Gasteiger partial charge in [-0.15, -0.1) is 0 Å². The number of ether oxygens (including phenoxy) is 1. The monoisotopic (exact) mass is 354 g/mol. The molecule has 25 heavy (non-hydrogen) atoms. The van der Waals surface area contributed by atoms with Gasteiger partial charge in [-0.1, -0.05) is 67.3 Å². The summed E-state index contributed by atoms with van der Waals surface area (Å²) in [5.74, 6) is 1.29. The standard InChI is InChI=1S/C22H23ClO2/c1-25-22-14-8-16(15-20(22)23)7-13-21(24)19-11-9-18(10-12-19)17-5-3-2-4-6-17/h7-15,17H,2-6H2,1H3. The molecule has 3 rings (SSSR count). The van der Waals surface area contributed by atoms with Crippen molar-refractivity contribution in [2.45, 2.75) is 38.0 Å². The molecule has 0 spiro atoms. The molecule has 130 valence electrons. The number of hydrogen-bond acceptors (Lipinski definition) is 2. The van der Waals surface area contributed by atoms with Gasteiger partial charge in [0.25, 0.3) is 0 Å². The van der Waals surface area contributed by atoms with Crippen molar-refractivity contribution in [2.24, 2.45) is 0 Å². The van der Waals surface area contributed by atoms with E-state index in [1.54, 1.807) is 31.4 Å². The van der Waals surface area contributed by atoms with Crippen LogP contribution < -0.4 is 4.74 Å². The van der Waals surface area contributed by atoms with Crippen molar-refractivity contribution in [1.82, 2.24) is 0 Å². The van der Waals surface area contributed by atoms with Gasteiger partial charge in [-0.25, -0.2) is 0 Å². The van der Waals surface area contributed by atoms with Crippen LogP contribution in [0.3, 0.4) is 0 Å². The van der Waals surface area contributed by atoms with Crippen molar-refractivity contribution < 1.29 is 9.53 Å². The average Bonchev–Trinajstić information content (AvgIpc) is 2.67. The maximum atomic E-state index is 12.4. The van der Waals surface area contributed by atoms with Crippen molar-refractivity contribution in [3.8, 4) is 5.75 Å². The first-order chi connectivity index (χ1) is 12.2. The molecular formula is C22H23ClO2. The fourth-order valence-electron chi connectivity index (χ4n) is 3.41. The summed E-state index contributed by atoms with van der Waals surface area (Å²) in [5, 5.41) is 0.536. The highest BCUT2D eigenvalue weighted by molar-refractivity contribution is 6.32. The van der Waals surface area contributed by atoms with Crippen LogP contribution in [0.4, 0.5) is 0 Å². The van der Waals surface area contributed by atoms with Gasteiger partial charge in [0.15, 0.2) is 5.78 Å². The van der Waals surface area contributed by atoms with Gasteiger partial charge in [-0.3, -0.25) is 4.79 Å². The molecule has 0 atom stereocenters. The number of benzene rings is 2. The Morgan fingerprint density at radius 1 is 1.08 bits per heavy atom. The van der Waals surface area contributed by atoms with E-state index < -0.39 is 0 Å². The van der Waals surface area contributed by atoms with E-state index >= 15 is 0 Å². The number of allylic oxidation sites excluding steroid dienone is 1. The fourth-order valence-corrected chi connectivity index (χ4v) is 3.68. The highest BCUT2D eigenvalue weighted by Gasteiger charge is 2.15. The summed E-state index contributed by atoms with van der Waals surface area (Å²) in [5.41, 5.74) is 2.95. The number of carbonyl (C=O) groups excluding carboxylic acids is 1. The Balaban J connectivity index is 1.67. The number of ketones is 1. The second-order valence-corrected chi connectivity index (χ2v) is 6.96. The summed E-state index contributed by atoms with van der Waals surface area (Å²) < 4.78 is 5.13. The summed E-state index contributed by atoms with van der Waals surface area (Å²) in [4.78, 5) is 12.4. The Hall–Kier alpha value is -2.06. The van der Waals surface area contributed by atoms with Crippen molar-refractivity contribution in [2.75, 3.05) is 7.11 Å². The Bertz CT molecular complexity index is 756. The zero-order valence-corrected chi connectivity index (χ0v) is 15.3. The zero-order chi connectivity index (χ0) is 17.6. The number of rotatable bonds is 5. The molecule has 0 aromatic heterocycles. The van der Waals surface area contributed by atoms with Crippen LogP contribution in [-0.4, -0.2) is 12.9 Å². The smallest absolute Gasteiger partial charge is 0.185 e. The SMILES string of the molecule is COc1ccc(C=CC(=O)c2ccc(C3CCCCC3)cc2)cc1Cl. The Morgan fingerprint density at radius 2 is 1.80 bits per heavy atom. The third-order valence-corrected chi connectivity index (χ3v) is 5.17. The molecule has 1 aliphatic rings. The summed E-state index contributed by atoms with van der Waals surface area (Å²) >= 11 is 6.11. The molecule has 1 fully saturated rings. The highest BCUT2D eigenvalue weighted by atomic mass is 35.5. The lowest BCUT2D eigenvalue weighted by Crippen LogP contribution is -2.05. The van der Waals surface area contributed by atoms with Gasteiger partial charge in [0.05, 0.1) is 12.1 Å². The van der Waals surface area contributed by atoms with Crippen LogP contribution in [0.5, 0.6) is 5.75 Å². The van der Waals surface area contributed by atoms with Crippen LogP contribution in [0.25, 0.3) is 6.08 Å². The van der Waals surface area contributed by atoms with E-state index in [0.29, 0.717) is 16.7 Å². The second-order valence-electron chi connectivity index (χ2n) is 6.55. The van der Waals surface area contributed by atoms with Gasteiger partial charge in [-0.05, 0) is 48.1 Å². The third-order valence-electron chi connectivity index (χ3n) is 4.87. The highest BCUT2D eigenvalue weighted by Crippen LogP contribution is 2.32. The lowest BCUT2D eigenvalue weighted by molar-refractivity contribution is 0.104. The minimum atomic E-state index is 0.00198. The van der Waals surface area contributed by atoms with E-state index in [-0.39, 0.29) is 5.78 Å². The molecule has 0 heterocycles. The largest absolute Gasteiger partial charge is 0.495 e.